The van der Waals surface area contributed by atoms with E-state index in [1.165, 1.54) is 25.3 Å². The number of carboxylic acid groups (broad SMARTS) is 1. The van der Waals surface area contributed by atoms with Gasteiger partial charge in [-0.1, -0.05) is 30.3 Å². The van der Waals surface area contributed by atoms with E-state index < -0.39 is 23.9 Å². The van der Waals surface area contributed by atoms with Gasteiger partial charge in [0.2, 0.25) is 5.89 Å². The summed E-state index contributed by atoms with van der Waals surface area (Å²) in [5.41, 5.74) is 4.29. The van der Waals surface area contributed by atoms with Gasteiger partial charge in [0.1, 0.15) is 11.3 Å². The number of amides is 2. The first kappa shape index (κ1) is 25.0. The Morgan fingerprint density at radius 1 is 0.900 bits per heavy atom. The van der Waals surface area contributed by atoms with Crippen LogP contribution in [0.15, 0.2) is 83.3 Å². The summed E-state index contributed by atoms with van der Waals surface area (Å²) < 4.78 is 11.5. The van der Waals surface area contributed by atoms with E-state index in [1.807, 2.05) is 36.4 Å². The summed E-state index contributed by atoms with van der Waals surface area (Å²) in [7, 11) is 1.42. The lowest BCUT2D eigenvalue weighted by Crippen LogP contribution is -2.29. The van der Waals surface area contributed by atoms with Crippen molar-refractivity contribution in [2.24, 2.45) is 0 Å². The molecule has 1 atom stereocenters. The summed E-state index contributed by atoms with van der Waals surface area (Å²) in [6.07, 6.45) is -0.623. The Hall–Kier alpha value is -5.28. The number of benzene rings is 4. The van der Waals surface area contributed by atoms with Gasteiger partial charge in [-0.3, -0.25) is 9.59 Å². The van der Waals surface area contributed by atoms with Crippen LogP contribution in [0.1, 0.15) is 49.7 Å². The molecule has 9 heteroatoms. The number of nitrogens with zero attached hydrogens (tertiary/aromatic N) is 2. The molecule has 1 aliphatic rings. The van der Waals surface area contributed by atoms with Gasteiger partial charge < -0.3 is 19.4 Å². The molecule has 0 fully saturated rings. The normalized spacial score (nSPS) is 13.5. The quantitative estimate of drug-likeness (QED) is 0.265. The Labute approximate surface area is 227 Å². The van der Waals surface area contributed by atoms with Crippen molar-refractivity contribution < 1.29 is 33.8 Å². The van der Waals surface area contributed by atoms with Crippen molar-refractivity contribution in [1.29, 1.82) is 0 Å². The van der Waals surface area contributed by atoms with Crippen LogP contribution in [0.3, 0.4) is 0 Å². The first-order valence-electron chi connectivity index (χ1n) is 12.4. The number of carbonyl (C=O) groups excluding carboxylic acids is 2. The average Bonchev–Trinajstić information content (AvgIpc) is 3.51. The Morgan fingerprint density at radius 3 is 2.42 bits per heavy atom. The lowest BCUT2D eigenvalue weighted by Gasteiger charge is -2.18. The molecule has 0 bridgehead atoms. The first-order valence-corrected chi connectivity index (χ1v) is 12.4. The van der Waals surface area contributed by atoms with E-state index in [0.717, 1.165) is 21.6 Å². The summed E-state index contributed by atoms with van der Waals surface area (Å²) in [6, 6.07) is 21.8. The summed E-state index contributed by atoms with van der Waals surface area (Å²) in [4.78, 5) is 43.7. The van der Waals surface area contributed by atoms with Gasteiger partial charge in [-0.2, -0.15) is 0 Å². The van der Waals surface area contributed by atoms with Crippen LogP contribution in [-0.4, -0.2) is 40.1 Å². The van der Waals surface area contributed by atoms with Crippen molar-refractivity contribution in [2.45, 2.75) is 13.0 Å². The number of anilines is 1. The van der Waals surface area contributed by atoms with Gasteiger partial charge >= 0.3 is 5.97 Å². The van der Waals surface area contributed by atoms with Gasteiger partial charge in [-0.15, -0.1) is 0 Å². The Kier molecular flexibility index (Phi) is 5.93. The fourth-order valence-electron chi connectivity index (χ4n) is 4.86. The number of methoxy groups -OCH3 is 1. The Balaban J connectivity index is 1.44. The molecule has 1 aromatic heterocycles. The predicted molar refractivity (Wildman–Crippen MR) is 147 cm³/mol. The number of ether oxygens (including phenoxy) is 1. The second-order valence-electron chi connectivity index (χ2n) is 9.37. The lowest BCUT2D eigenvalue weighted by atomic mass is 10.0. The van der Waals surface area contributed by atoms with E-state index in [2.05, 4.69) is 0 Å². The number of oxazole rings is 1. The van der Waals surface area contributed by atoms with E-state index in [4.69, 9.17) is 14.1 Å². The molecule has 9 nitrogen and oxygen atoms in total. The number of imide groups is 1. The minimum atomic E-state index is -1.20. The second kappa shape index (κ2) is 9.48. The molecule has 198 valence electrons. The molecule has 2 amide bonds. The fourth-order valence-corrected chi connectivity index (χ4v) is 4.86. The maximum absolute atomic E-state index is 13.3. The Bertz CT molecular complexity index is 1850. The number of hydrogen-bond donors (Lipinski definition) is 2. The average molecular weight is 535 g/mol. The molecular weight excluding hydrogens is 512 g/mol. The number of aromatic carboxylic acids is 1. The molecule has 0 radical (unpaired) electrons. The van der Waals surface area contributed by atoms with Crippen LogP contribution < -0.4 is 9.64 Å². The summed E-state index contributed by atoms with van der Waals surface area (Å²) >= 11 is 0. The third-order valence-electron chi connectivity index (χ3n) is 6.90. The van der Waals surface area contributed by atoms with Crippen LogP contribution in [0.4, 0.5) is 5.69 Å². The molecule has 1 aliphatic heterocycles. The third kappa shape index (κ3) is 4.00. The highest BCUT2D eigenvalue weighted by Crippen LogP contribution is 2.39. The van der Waals surface area contributed by atoms with Crippen molar-refractivity contribution in [2.75, 3.05) is 12.0 Å². The minimum absolute atomic E-state index is 0.00304. The van der Waals surface area contributed by atoms with Crippen LogP contribution in [0.25, 0.3) is 33.7 Å². The summed E-state index contributed by atoms with van der Waals surface area (Å²) in [5.74, 6) is -1.91. The zero-order valence-corrected chi connectivity index (χ0v) is 21.4. The largest absolute Gasteiger partial charge is 0.495 e. The van der Waals surface area contributed by atoms with E-state index in [1.54, 1.807) is 31.2 Å². The molecule has 0 spiro atoms. The molecule has 5 aromatic rings. The molecule has 40 heavy (non-hydrogen) atoms. The number of aliphatic hydroxyl groups excluding tert-OH is 1. The van der Waals surface area contributed by atoms with Crippen LogP contribution in [0.2, 0.25) is 0 Å². The third-order valence-corrected chi connectivity index (χ3v) is 6.90. The summed E-state index contributed by atoms with van der Waals surface area (Å²) in [5, 5.41) is 19.4. The number of fused-ring (bicyclic) bond motifs is 2. The fraction of sp³-hybridized carbons (Fsp3) is 0.0968. The SMILES string of the molecule is COc1ccc(-c2nc3c(-c4cccc(C(C)O)c4)cccc3o2)cc1N1C(=O)c2ccc(C(=O)O)cc2C1=O. The van der Waals surface area contributed by atoms with E-state index >= 15 is 0 Å². The molecular formula is C31H22N2O7. The number of carbonyl (C=O) groups is 3. The predicted octanol–water partition coefficient (Wildman–Crippen LogP) is 5.72. The van der Waals surface area contributed by atoms with Gasteiger partial charge in [0, 0.05) is 11.1 Å². The van der Waals surface area contributed by atoms with Crippen molar-refractivity contribution in [1.82, 2.24) is 4.98 Å². The number of carboxylic acids is 1. The van der Waals surface area contributed by atoms with Crippen LogP contribution in [-0.2, 0) is 0 Å². The molecule has 6 rings (SSSR count). The number of aliphatic hydroxyl groups is 1. The lowest BCUT2D eigenvalue weighted by molar-refractivity contribution is 0.0696. The standard InChI is InChI=1S/C31H22N2O7/c1-16(34)17-5-3-6-18(13-17)21-7-4-8-26-27(21)32-28(40-26)19-10-12-25(39-2)24(15-19)33-29(35)22-11-9-20(31(37)38)14-23(22)30(33)36/h3-16,34H,1-2H3,(H,37,38). The molecule has 4 aromatic carbocycles. The van der Waals surface area contributed by atoms with Gasteiger partial charge in [-0.25, -0.2) is 14.7 Å². The van der Waals surface area contributed by atoms with Gasteiger partial charge in [0.25, 0.3) is 11.8 Å². The van der Waals surface area contributed by atoms with E-state index in [0.29, 0.717) is 16.7 Å². The highest BCUT2D eigenvalue weighted by atomic mass is 16.5. The van der Waals surface area contributed by atoms with Gasteiger partial charge in [0.05, 0.1) is 35.6 Å². The van der Waals surface area contributed by atoms with E-state index in [9.17, 15) is 24.6 Å². The Morgan fingerprint density at radius 2 is 1.68 bits per heavy atom. The van der Waals surface area contributed by atoms with E-state index in [-0.39, 0.29) is 34.0 Å². The van der Waals surface area contributed by atoms with Crippen LogP contribution in [0, 0.1) is 0 Å². The van der Waals surface area contributed by atoms with Crippen molar-refractivity contribution in [3.05, 3.63) is 101 Å². The smallest absolute Gasteiger partial charge is 0.335 e. The van der Waals surface area contributed by atoms with Gasteiger partial charge in [-0.05, 0) is 66.6 Å². The maximum Gasteiger partial charge on any atom is 0.335 e. The molecule has 1 unspecified atom stereocenters. The highest BCUT2D eigenvalue weighted by Gasteiger charge is 2.39. The molecule has 0 saturated heterocycles. The summed E-state index contributed by atoms with van der Waals surface area (Å²) in [6.45, 7) is 1.70. The van der Waals surface area contributed by atoms with Crippen molar-refractivity contribution in [3.8, 4) is 28.3 Å². The highest BCUT2D eigenvalue weighted by molar-refractivity contribution is 6.35. The number of aromatic nitrogens is 1. The van der Waals surface area contributed by atoms with Crippen molar-refractivity contribution >= 4 is 34.6 Å². The van der Waals surface area contributed by atoms with Crippen molar-refractivity contribution in [3.63, 3.8) is 0 Å². The number of para-hydroxylation sites is 1. The zero-order valence-electron chi connectivity index (χ0n) is 21.4. The van der Waals surface area contributed by atoms with Crippen LogP contribution >= 0.6 is 0 Å². The molecule has 0 saturated carbocycles. The van der Waals surface area contributed by atoms with Gasteiger partial charge in [0.15, 0.2) is 5.58 Å². The first-order chi connectivity index (χ1) is 19.3. The molecule has 2 N–H and O–H groups in total. The zero-order chi connectivity index (χ0) is 28.1. The minimum Gasteiger partial charge on any atom is -0.495 e. The molecule has 0 aliphatic carbocycles. The monoisotopic (exact) mass is 534 g/mol. The second-order valence-corrected chi connectivity index (χ2v) is 9.37. The van der Waals surface area contributed by atoms with Crippen LogP contribution in [0.5, 0.6) is 5.75 Å². The maximum atomic E-state index is 13.3. The number of rotatable bonds is 6. The molecule has 2 heterocycles. The number of hydrogen-bond acceptors (Lipinski definition) is 7. The topological polar surface area (TPSA) is 130 Å².